The third-order valence-corrected chi connectivity index (χ3v) is 4.23. The number of hydrogen-bond acceptors (Lipinski definition) is 4. The number of H-pyrrole nitrogens is 1. The van der Waals surface area contributed by atoms with Crippen molar-refractivity contribution < 1.29 is 4.74 Å². The molecule has 0 amide bonds. The number of nitrogens with zero attached hydrogens (tertiary/aromatic N) is 3. The summed E-state index contributed by atoms with van der Waals surface area (Å²) in [5, 5.41) is 0.816. The first kappa shape index (κ1) is 15.6. The number of fused-ring (bicyclic) bond motifs is 1. The summed E-state index contributed by atoms with van der Waals surface area (Å²) in [5.74, 6) is 1.02. The van der Waals surface area contributed by atoms with Gasteiger partial charge in [0.1, 0.15) is 18.2 Å². The standard InChI is InChI=1S/C14H12Cl2N4O3/c1-19-10(6-23-7-3-4-8(15)9(16)5-7)17-12-11(19)13(21)18-14(22)20(12)2/h3-5H,6H2,1-2H3,(H,18,21,22). The van der Waals surface area contributed by atoms with E-state index in [0.29, 0.717) is 32.8 Å². The molecule has 0 aliphatic rings. The van der Waals surface area contributed by atoms with Crippen LogP contribution in [0.1, 0.15) is 5.82 Å². The number of aryl methyl sites for hydroxylation is 2. The van der Waals surface area contributed by atoms with Gasteiger partial charge in [-0.15, -0.1) is 0 Å². The molecule has 9 heteroatoms. The van der Waals surface area contributed by atoms with Crippen LogP contribution in [0.4, 0.5) is 0 Å². The van der Waals surface area contributed by atoms with Crippen LogP contribution in [0.3, 0.4) is 0 Å². The minimum Gasteiger partial charge on any atom is -0.486 e. The monoisotopic (exact) mass is 354 g/mol. The smallest absolute Gasteiger partial charge is 0.329 e. The molecule has 2 heterocycles. The zero-order valence-corrected chi connectivity index (χ0v) is 13.8. The van der Waals surface area contributed by atoms with Gasteiger partial charge in [0.15, 0.2) is 11.2 Å². The molecule has 0 aliphatic heterocycles. The van der Waals surface area contributed by atoms with Gasteiger partial charge in [-0.05, 0) is 12.1 Å². The van der Waals surface area contributed by atoms with E-state index in [0.717, 1.165) is 0 Å². The van der Waals surface area contributed by atoms with E-state index in [1.54, 1.807) is 29.8 Å². The Morgan fingerprint density at radius 3 is 2.61 bits per heavy atom. The molecule has 120 valence electrons. The number of ether oxygens (including phenoxy) is 1. The molecule has 7 nitrogen and oxygen atoms in total. The average Bonchev–Trinajstić information content (AvgIpc) is 2.84. The van der Waals surface area contributed by atoms with E-state index in [4.69, 9.17) is 27.9 Å². The van der Waals surface area contributed by atoms with Crippen molar-refractivity contribution in [3.63, 3.8) is 0 Å². The van der Waals surface area contributed by atoms with Crippen molar-refractivity contribution in [3.05, 3.63) is 54.9 Å². The molecule has 0 atom stereocenters. The highest BCUT2D eigenvalue weighted by Gasteiger charge is 2.15. The second-order valence-corrected chi connectivity index (χ2v) is 5.76. The zero-order chi connectivity index (χ0) is 16.7. The summed E-state index contributed by atoms with van der Waals surface area (Å²) in [4.78, 5) is 30.1. The third kappa shape index (κ3) is 2.73. The maximum atomic E-state index is 11.9. The Balaban J connectivity index is 1.97. The number of hydrogen-bond donors (Lipinski definition) is 1. The molecular formula is C14H12Cl2N4O3. The lowest BCUT2D eigenvalue weighted by Gasteiger charge is -2.07. The van der Waals surface area contributed by atoms with Gasteiger partial charge >= 0.3 is 5.69 Å². The molecule has 0 aliphatic carbocycles. The summed E-state index contributed by atoms with van der Waals surface area (Å²) in [7, 11) is 3.22. The number of nitrogens with one attached hydrogen (secondary N) is 1. The lowest BCUT2D eigenvalue weighted by atomic mass is 10.3. The molecule has 0 saturated heterocycles. The molecule has 3 rings (SSSR count). The SMILES string of the molecule is Cn1c(COc2ccc(Cl)c(Cl)c2)nc2c1c(=O)[nH]c(=O)n2C. The van der Waals surface area contributed by atoms with Gasteiger partial charge in [-0.1, -0.05) is 23.2 Å². The van der Waals surface area contributed by atoms with Crippen LogP contribution in [-0.2, 0) is 20.7 Å². The molecule has 0 saturated carbocycles. The van der Waals surface area contributed by atoms with Crippen LogP contribution in [0.5, 0.6) is 5.75 Å². The predicted octanol–water partition coefficient (Wildman–Crippen LogP) is 1.85. The quantitative estimate of drug-likeness (QED) is 0.777. The molecular weight excluding hydrogens is 343 g/mol. The molecule has 0 bridgehead atoms. The first-order chi connectivity index (χ1) is 10.9. The van der Waals surface area contributed by atoms with Crippen LogP contribution in [0.2, 0.25) is 10.0 Å². The van der Waals surface area contributed by atoms with Crippen LogP contribution in [0, 0.1) is 0 Å². The van der Waals surface area contributed by atoms with Crippen LogP contribution in [0.25, 0.3) is 11.2 Å². The second-order valence-electron chi connectivity index (χ2n) is 4.94. The Morgan fingerprint density at radius 2 is 1.91 bits per heavy atom. The summed E-state index contributed by atoms with van der Waals surface area (Å²) in [5.41, 5.74) is -0.398. The van der Waals surface area contributed by atoms with Crippen molar-refractivity contribution in [2.24, 2.45) is 14.1 Å². The van der Waals surface area contributed by atoms with Gasteiger partial charge < -0.3 is 9.30 Å². The van der Waals surface area contributed by atoms with Gasteiger partial charge in [-0.25, -0.2) is 9.78 Å². The topological polar surface area (TPSA) is 81.9 Å². The maximum absolute atomic E-state index is 11.9. The zero-order valence-electron chi connectivity index (χ0n) is 12.3. The molecule has 23 heavy (non-hydrogen) atoms. The molecule has 3 aromatic rings. The number of imidazole rings is 1. The van der Waals surface area contributed by atoms with Gasteiger partial charge in [0.25, 0.3) is 5.56 Å². The van der Waals surface area contributed by atoms with Crippen molar-refractivity contribution in [2.75, 3.05) is 0 Å². The normalized spacial score (nSPS) is 11.1. The minimum absolute atomic E-state index is 0.108. The summed E-state index contributed by atoms with van der Waals surface area (Å²) < 4.78 is 8.49. The highest BCUT2D eigenvalue weighted by molar-refractivity contribution is 6.42. The number of aromatic nitrogens is 4. The van der Waals surface area contributed by atoms with Crippen molar-refractivity contribution in [2.45, 2.75) is 6.61 Å². The molecule has 2 aromatic heterocycles. The number of benzene rings is 1. The lowest BCUT2D eigenvalue weighted by Crippen LogP contribution is -2.29. The van der Waals surface area contributed by atoms with E-state index in [1.807, 2.05) is 0 Å². The van der Waals surface area contributed by atoms with E-state index in [1.165, 1.54) is 11.6 Å². The summed E-state index contributed by atoms with van der Waals surface area (Å²) in [6.45, 7) is 0.108. The van der Waals surface area contributed by atoms with Crippen LogP contribution in [0.15, 0.2) is 27.8 Å². The molecule has 0 unspecified atom stereocenters. The van der Waals surface area contributed by atoms with Crippen LogP contribution in [-0.4, -0.2) is 19.1 Å². The Hall–Kier alpha value is -2.25. The summed E-state index contributed by atoms with van der Waals surface area (Å²) in [6, 6.07) is 4.90. The highest BCUT2D eigenvalue weighted by atomic mass is 35.5. The minimum atomic E-state index is -0.516. The van der Waals surface area contributed by atoms with E-state index < -0.39 is 11.2 Å². The van der Waals surface area contributed by atoms with Crippen LogP contribution >= 0.6 is 23.2 Å². The molecule has 0 fully saturated rings. The average molecular weight is 355 g/mol. The summed E-state index contributed by atoms with van der Waals surface area (Å²) >= 11 is 11.8. The molecule has 1 N–H and O–H groups in total. The van der Waals surface area contributed by atoms with Crippen molar-refractivity contribution >= 4 is 34.4 Å². The van der Waals surface area contributed by atoms with Crippen molar-refractivity contribution in [3.8, 4) is 5.75 Å². The number of aromatic amines is 1. The fourth-order valence-electron chi connectivity index (χ4n) is 2.20. The molecule has 0 spiro atoms. The van der Waals surface area contributed by atoms with Gasteiger partial charge in [0, 0.05) is 20.2 Å². The Labute approximate surface area is 140 Å². The highest BCUT2D eigenvalue weighted by Crippen LogP contribution is 2.26. The van der Waals surface area contributed by atoms with E-state index in [-0.39, 0.29) is 6.61 Å². The maximum Gasteiger partial charge on any atom is 0.329 e. The molecule has 1 aromatic carbocycles. The second kappa shape index (κ2) is 5.75. The van der Waals surface area contributed by atoms with Crippen molar-refractivity contribution in [1.82, 2.24) is 19.1 Å². The largest absolute Gasteiger partial charge is 0.486 e. The Morgan fingerprint density at radius 1 is 1.17 bits per heavy atom. The third-order valence-electron chi connectivity index (χ3n) is 3.49. The Bertz CT molecular complexity index is 1020. The van der Waals surface area contributed by atoms with Gasteiger partial charge in [-0.3, -0.25) is 14.3 Å². The van der Waals surface area contributed by atoms with Gasteiger partial charge in [-0.2, -0.15) is 0 Å². The lowest BCUT2D eigenvalue weighted by molar-refractivity contribution is 0.292. The fraction of sp³-hybridized carbons (Fsp3) is 0.214. The fourth-order valence-corrected chi connectivity index (χ4v) is 2.49. The first-order valence-electron chi connectivity index (χ1n) is 6.61. The van der Waals surface area contributed by atoms with Gasteiger partial charge in [0.05, 0.1) is 10.0 Å². The summed E-state index contributed by atoms with van der Waals surface area (Å²) in [6.07, 6.45) is 0. The number of rotatable bonds is 3. The number of halogens is 2. The van der Waals surface area contributed by atoms with Crippen molar-refractivity contribution in [1.29, 1.82) is 0 Å². The van der Waals surface area contributed by atoms with Gasteiger partial charge in [0.2, 0.25) is 0 Å². The first-order valence-corrected chi connectivity index (χ1v) is 7.36. The Kier molecular flexibility index (Phi) is 3.91. The predicted molar refractivity (Wildman–Crippen MR) is 87.4 cm³/mol. The van der Waals surface area contributed by atoms with E-state index in [9.17, 15) is 9.59 Å². The van der Waals surface area contributed by atoms with Crippen LogP contribution < -0.4 is 16.0 Å². The van der Waals surface area contributed by atoms with E-state index >= 15 is 0 Å². The van der Waals surface area contributed by atoms with E-state index in [2.05, 4.69) is 9.97 Å². The molecule has 0 radical (unpaired) electrons.